The van der Waals surface area contributed by atoms with Crippen molar-refractivity contribution in [3.05, 3.63) is 12.7 Å². The largest absolute Gasteiger partial charge is 2.00 e. The van der Waals surface area contributed by atoms with Crippen molar-refractivity contribution in [3.63, 3.8) is 0 Å². The predicted molar refractivity (Wildman–Crippen MR) is 48.1 cm³/mol. The SMILES string of the molecule is O=C([O-])C(=O)O.[CH2-][C@@H]1CCCC[C@H]1[NH-].[Pt+2]. The van der Waals surface area contributed by atoms with Gasteiger partial charge in [-0.3, -0.25) is 0 Å². The number of carbonyl (C=O) groups is 2. The van der Waals surface area contributed by atoms with E-state index in [1.807, 2.05) is 0 Å². The third-order valence-electron chi connectivity index (χ3n) is 2.08. The Morgan fingerprint density at radius 3 is 1.93 bits per heavy atom. The van der Waals surface area contributed by atoms with Gasteiger partial charge in [0, 0.05) is 0 Å². The van der Waals surface area contributed by atoms with Crippen molar-refractivity contribution in [2.45, 2.75) is 31.7 Å². The fourth-order valence-corrected chi connectivity index (χ4v) is 1.21. The van der Waals surface area contributed by atoms with Crippen LogP contribution in [0.5, 0.6) is 0 Å². The van der Waals surface area contributed by atoms with Gasteiger partial charge < -0.3 is 27.7 Å². The van der Waals surface area contributed by atoms with Crippen molar-refractivity contribution < 1.29 is 40.9 Å². The summed E-state index contributed by atoms with van der Waals surface area (Å²) in [5.74, 6) is -3.59. The number of nitrogens with one attached hydrogen (secondary N) is 1. The number of hydrogen-bond donors (Lipinski definition) is 1. The summed E-state index contributed by atoms with van der Waals surface area (Å²) >= 11 is 0. The molecule has 6 heteroatoms. The van der Waals surface area contributed by atoms with Crippen molar-refractivity contribution in [3.8, 4) is 0 Å². The molecule has 0 aromatic rings. The van der Waals surface area contributed by atoms with Crippen LogP contribution in [0, 0.1) is 12.8 Å². The van der Waals surface area contributed by atoms with E-state index in [1.165, 1.54) is 19.3 Å². The van der Waals surface area contributed by atoms with Gasteiger partial charge in [0.25, 0.3) is 0 Å². The first-order chi connectivity index (χ1) is 6.45. The molecular weight excluding hydrogens is 381 g/mol. The molecule has 90 valence electrons. The summed E-state index contributed by atoms with van der Waals surface area (Å²) < 4.78 is 0. The molecule has 0 heterocycles. The molecule has 15 heavy (non-hydrogen) atoms. The molecule has 1 rings (SSSR count). The number of carboxylic acid groups (broad SMARTS) is 2. The number of rotatable bonds is 0. The fourth-order valence-electron chi connectivity index (χ4n) is 1.21. The van der Waals surface area contributed by atoms with Gasteiger partial charge in [-0.25, -0.2) is 4.79 Å². The van der Waals surface area contributed by atoms with E-state index >= 15 is 0 Å². The predicted octanol–water partition coefficient (Wildman–Crippen LogP) is 0.250. The van der Waals surface area contributed by atoms with Crippen LogP contribution in [0.25, 0.3) is 5.73 Å². The molecule has 5 nitrogen and oxygen atoms in total. The van der Waals surface area contributed by atoms with Crippen molar-refractivity contribution in [1.29, 1.82) is 0 Å². The molecule has 0 unspecified atom stereocenters. The molecule has 0 saturated heterocycles. The Balaban J connectivity index is 0. The second-order valence-corrected chi connectivity index (χ2v) is 3.24. The van der Waals surface area contributed by atoms with Crippen LogP contribution in [-0.2, 0) is 30.7 Å². The van der Waals surface area contributed by atoms with Gasteiger partial charge >= 0.3 is 27.0 Å². The number of carboxylic acids is 2. The first-order valence-corrected chi connectivity index (χ1v) is 4.43. The molecule has 0 radical (unpaired) electrons. The van der Waals surface area contributed by atoms with Crippen molar-refractivity contribution in [1.82, 2.24) is 0 Å². The Bertz CT molecular complexity index is 188. The topological polar surface area (TPSA) is 101 Å². The number of carbonyl (C=O) groups excluding carboxylic acids is 1. The van der Waals surface area contributed by atoms with E-state index in [9.17, 15) is 0 Å². The van der Waals surface area contributed by atoms with Crippen LogP contribution in [0.3, 0.4) is 0 Å². The zero-order valence-corrected chi connectivity index (χ0v) is 10.5. The molecule has 0 amide bonds. The van der Waals surface area contributed by atoms with Gasteiger partial charge in [-0.15, -0.1) is 0 Å². The second-order valence-electron chi connectivity index (χ2n) is 3.24. The van der Waals surface area contributed by atoms with Crippen LogP contribution in [-0.4, -0.2) is 23.1 Å². The second kappa shape index (κ2) is 8.86. The summed E-state index contributed by atoms with van der Waals surface area (Å²) in [6.07, 6.45) is 4.80. The normalized spacial score (nSPS) is 24.1. The molecule has 0 bridgehead atoms. The molecule has 0 aromatic heterocycles. The van der Waals surface area contributed by atoms with E-state index < -0.39 is 11.9 Å². The standard InChI is InChI=1S/C7H13N.C2H2O4.Pt/c1-6-4-2-3-5-7(6)8;3-1(4)2(5)6;/h6-8H,1-5H2;(H,3,4)(H,5,6);/q-2;;+2/p-1/t6-,7-;;/m1../s1. The average molecular weight is 395 g/mol. The van der Waals surface area contributed by atoms with E-state index in [-0.39, 0.29) is 27.1 Å². The monoisotopic (exact) mass is 395 g/mol. The minimum Gasteiger partial charge on any atom is -0.677 e. The van der Waals surface area contributed by atoms with Crippen LogP contribution < -0.4 is 5.11 Å². The van der Waals surface area contributed by atoms with Gasteiger partial charge in [-0.2, -0.15) is 12.0 Å². The van der Waals surface area contributed by atoms with Crippen molar-refractivity contribution in [2.24, 2.45) is 5.92 Å². The Morgan fingerprint density at radius 2 is 1.73 bits per heavy atom. The van der Waals surface area contributed by atoms with E-state index in [2.05, 4.69) is 6.92 Å². The molecule has 1 saturated carbocycles. The molecule has 2 atom stereocenters. The Kier molecular flexibility index (Phi) is 10.0. The molecule has 0 aliphatic heterocycles. The van der Waals surface area contributed by atoms with Crippen LogP contribution in [0.15, 0.2) is 0 Å². The average Bonchev–Trinajstić information content (AvgIpc) is 2.11. The summed E-state index contributed by atoms with van der Waals surface area (Å²) in [7, 11) is 0. The smallest absolute Gasteiger partial charge is 0.677 e. The van der Waals surface area contributed by atoms with Gasteiger partial charge in [0.15, 0.2) is 5.97 Å². The maximum atomic E-state index is 9.04. The zero-order chi connectivity index (χ0) is 11.1. The Morgan fingerprint density at radius 1 is 1.33 bits per heavy atom. The minimum absolute atomic E-state index is 0. The summed E-state index contributed by atoms with van der Waals surface area (Å²) in [6, 6.07) is 0.142. The first-order valence-electron chi connectivity index (χ1n) is 4.43. The quantitative estimate of drug-likeness (QED) is 0.469. The first kappa shape index (κ1) is 17.0. The van der Waals surface area contributed by atoms with Crippen molar-refractivity contribution >= 4 is 11.9 Å². The zero-order valence-electron chi connectivity index (χ0n) is 8.18. The van der Waals surface area contributed by atoms with Crippen LogP contribution >= 0.6 is 0 Å². The van der Waals surface area contributed by atoms with Gasteiger partial charge in [-0.05, 0) is 0 Å². The van der Waals surface area contributed by atoms with Crippen LogP contribution in [0.1, 0.15) is 25.7 Å². The van der Waals surface area contributed by atoms with Crippen molar-refractivity contribution in [2.75, 3.05) is 0 Å². The fraction of sp³-hybridized carbons (Fsp3) is 0.667. The summed E-state index contributed by atoms with van der Waals surface area (Å²) in [6.45, 7) is 3.89. The van der Waals surface area contributed by atoms with Gasteiger partial charge in [-0.1, -0.05) is 25.7 Å². The minimum atomic E-state index is -2.07. The molecular formula is C9H14NO4Pt-. The summed E-state index contributed by atoms with van der Waals surface area (Å²) in [4.78, 5) is 18.0. The van der Waals surface area contributed by atoms with Gasteiger partial charge in [0.1, 0.15) is 0 Å². The van der Waals surface area contributed by atoms with Crippen LogP contribution in [0.2, 0.25) is 0 Å². The molecule has 1 fully saturated rings. The number of aliphatic carboxylic acids is 2. The third kappa shape index (κ3) is 8.57. The maximum Gasteiger partial charge on any atom is 2.00 e. The summed E-state index contributed by atoms with van der Waals surface area (Å²) in [5.41, 5.74) is 7.42. The Labute approximate surface area is 103 Å². The van der Waals surface area contributed by atoms with Gasteiger partial charge in [0.05, 0.1) is 0 Å². The maximum absolute atomic E-state index is 9.04. The molecule has 0 spiro atoms. The summed E-state index contributed by atoms with van der Waals surface area (Å²) in [5, 5.41) is 16.3. The van der Waals surface area contributed by atoms with E-state index in [0.717, 1.165) is 6.42 Å². The van der Waals surface area contributed by atoms with E-state index in [0.29, 0.717) is 5.92 Å². The van der Waals surface area contributed by atoms with E-state index in [4.69, 9.17) is 25.5 Å². The number of hydrogen-bond acceptors (Lipinski definition) is 3. The molecule has 0 aromatic carbocycles. The molecule has 2 N–H and O–H groups in total. The molecule has 1 aliphatic rings. The third-order valence-corrected chi connectivity index (χ3v) is 2.08. The molecule has 1 aliphatic carbocycles. The van der Waals surface area contributed by atoms with Gasteiger partial charge in [0.2, 0.25) is 0 Å². The van der Waals surface area contributed by atoms with E-state index in [1.54, 1.807) is 0 Å². The Hall–Kier alpha value is -0.412. The van der Waals surface area contributed by atoms with Crippen LogP contribution in [0.4, 0.5) is 0 Å².